The molecule has 0 N–H and O–H groups in total. The van der Waals surface area contributed by atoms with Gasteiger partial charge in [0, 0.05) is 0 Å². The average molecular weight is 204 g/mol. The third-order valence-corrected chi connectivity index (χ3v) is 3.23. The Balaban J connectivity index is 1.90. The van der Waals surface area contributed by atoms with Crippen LogP contribution in [0.1, 0.15) is 37.3 Å². The summed E-state index contributed by atoms with van der Waals surface area (Å²) in [6.07, 6.45) is 5.68. The Hall–Kier alpha value is -0.820. The van der Waals surface area contributed by atoms with Crippen molar-refractivity contribution < 1.29 is 4.74 Å². The molecule has 0 spiro atoms. The summed E-state index contributed by atoms with van der Waals surface area (Å²) in [6.45, 7) is 4.34. The van der Waals surface area contributed by atoms with Crippen LogP contribution in [0, 0.1) is 6.92 Å². The molecule has 1 fully saturated rings. The number of hydrogen-bond acceptors (Lipinski definition) is 1. The monoisotopic (exact) mass is 204 g/mol. The van der Waals surface area contributed by atoms with Crippen LogP contribution in [0.2, 0.25) is 0 Å². The van der Waals surface area contributed by atoms with Crippen LogP contribution in [0.25, 0.3) is 0 Å². The molecule has 0 aliphatic carbocycles. The fourth-order valence-corrected chi connectivity index (χ4v) is 2.22. The Labute approximate surface area is 92.5 Å². The standard InChI is InChI=1S/C14H20O/c1-3-13-8-9-14(15-13)10-12-6-4-11(2)5-7-12/h4-7,13-14H,3,8-10H2,1-2H3/t13-,14-/m0/s1. The lowest BCUT2D eigenvalue weighted by Gasteiger charge is -2.12. The lowest BCUT2D eigenvalue weighted by Crippen LogP contribution is -2.12. The molecule has 82 valence electrons. The third kappa shape index (κ3) is 2.82. The minimum atomic E-state index is 0.456. The van der Waals surface area contributed by atoms with Gasteiger partial charge in [0.15, 0.2) is 0 Å². The molecular formula is C14H20O. The summed E-state index contributed by atoms with van der Waals surface area (Å²) >= 11 is 0. The SMILES string of the molecule is CC[C@H]1CC[C@@H](Cc2ccc(C)cc2)O1. The molecule has 1 aromatic rings. The van der Waals surface area contributed by atoms with Crippen molar-refractivity contribution in [1.29, 1.82) is 0 Å². The zero-order valence-electron chi connectivity index (χ0n) is 9.70. The molecule has 1 heterocycles. The van der Waals surface area contributed by atoms with Crippen molar-refractivity contribution in [2.24, 2.45) is 0 Å². The van der Waals surface area contributed by atoms with Crippen LogP contribution in [0.5, 0.6) is 0 Å². The molecule has 1 nitrogen and oxygen atoms in total. The summed E-state index contributed by atoms with van der Waals surface area (Å²) in [5.74, 6) is 0. The smallest absolute Gasteiger partial charge is 0.0620 e. The lowest BCUT2D eigenvalue weighted by atomic mass is 10.0. The van der Waals surface area contributed by atoms with Crippen molar-refractivity contribution >= 4 is 0 Å². The van der Waals surface area contributed by atoms with E-state index in [4.69, 9.17) is 4.74 Å². The number of rotatable bonds is 3. The van der Waals surface area contributed by atoms with Gasteiger partial charge in [0.2, 0.25) is 0 Å². The molecule has 0 bridgehead atoms. The fourth-order valence-electron chi connectivity index (χ4n) is 2.22. The van der Waals surface area contributed by atoms with E-state index in [-0.39, 0.29) is 0 Å². The molecule has 1 aliphatic rings. The molecular weight excluding hydrogens is 184 g/mol. The minimum Gasteiger partial charge on any atom is -0.375 e. The second-order valence-corrected chi connectivity index (χ2v) is 4.56. The first-order chi connectivity index (χ1) is 7.28. The summed E-state index contributed by atoms with van der Waals surface area (Å²) in [4.78, 5) is 0. The van der Waals surface area contributed by atoms with Gasteiger partial charge in [0.1, 0.15) is 0 Å². The summed E-state index contributed by atoms with van der Waals surface area (Å²) in [6, 6.07) is 8.80. The summed E-state index contributed by atoms with van der Waals surface area (Å²) in [5.41, 5.74) is 2.74. The quantitative estimate of drug-likeness (QED) is 0.732. The van der Waals surface area contributed by atoms with E-state index < -0.39 is 0 Å². The molecule has 1 aliphatic heterocycles. The van der Waals surface area contributed by atoms with Crippen LogP contribution in [0.15, 0.2) is 24.3 Å². The van der Waals surface area contributed by atoms with Crippen LogP contribution in [0.3, 0.4) is 0 Å². The fraction of sp³-hybridized carbons (Fsp3) is 0.571. The minimum absolute atomic E-state index is 0.456. The van der Waals surface area contributed by atoms with E-state index in [0.717, 1.165) is 12.8 Å². The van der Waals surface area contributed by atoms with Gasteiger partial charge in [0.25, 0.3) is 0 Å². The summed E-state index contributed by atoms with van der Waals surface area (Å²) in [7, 11) is 0. The van der Waals surface area contributed by atoms with Crippen LogP contribution in [-0.4, -0.2) is 12.2 Å². The number of ether oxygens (including phenoxy) is 1. The predicted octanol–water partition coefficient (Wildman–Crippen LogP) is 3.50. The first kappa shape index (κ1) is 10.7. The summed E-state index contributed by atoms with van der Waals surface area (Å²) < 4.78 is 5.94. The Morgan fingerprint density at radius 2 is 1.80 bits per heavy atom. The summed E-state index contributed by atoms with van der Waals surface area (Å²) in [5, 5.41) is 0. The van der Waals surface area contributed by atoms with Crippen molar-refractivity contribution in [3.05, 3.63) is 35.4 Å². The highest BCUT2D eigenvalue weighted by Crippen LogP contribution is 2.24. The van der Waals surface area contributed by atoms with Gasteiger partial charge in [-0.1, -0.05) is 36.8 Å². The van der Waals surface area contributed by atoms with Crippen molar-refractivity contribution in [3.63, 3.8) is 0 Å². The maximum atomic E-state index is 5.94. The van der Waals surface area contributed by atoms with E-state index in [2.05, 4.69) is 38.1 Å². The molecule has 0 aromatic heterocycles. The normalized spacial score (nSPS) is 25.7. The number of hydrogen-bond donors (Lipinski definition) is 0. The van der Waals surface area contributed by atoms with Crippen LogP contribution in [0.4, 0.5) is 0 Å². The topological polar surface area (TPSA) is 9.23 Å². The molecule has 0 unspecified atom stereocenters. The first-order valence-electron chi connectivity index (χ1n) is 5.99. The van der Waals surface area contributed by atoms with E-state index >= 15 is 0 Å². The Morgan fingerprint density at radius 1 is 1.13 bits per heavy atom. The lowest BCUT2D eigenvalue weighted by molar-refractivity contribution is 0.0438. The molecule has 0 saturated carbocycles. The van der Waals surface area contributed by atoms with E-state index in [0.29, 0.717) is 12.2 Å². The Kier molecular flexibility index (Phi) is 3.42. The Bertz CT molecular complexity index is 302. The molecule has 0 amide bonds. The van der Waals surface area contributed by atoms with Crippen LogP contribution >= 0.6 is 0 Å². The molecule has 2 rings (SSSR count). The zero-order valence-corrected chi connectivity index (χ0v) is 9.70. The van der Waals surface area contributed by atoms with E-state index in [9.17, 15) is 0 Å². The van der Waals surface area contributed by atoms with Gasteiger partial charge in [-0.05, 0) is 38.2 Å². The van der Waals surface area contributed by atoms with E-state index in [1.807, 2.05) is 0 Å². The average Bonchev–Trinajstić information content (AvgIpc) is 2.69. The second-order valence-electron chi connectivity index (χ2n) is 4.56. The van der Waals surface area contributed by atoms with Gasteiger partial charge in [0.05, 0.1) is 12.2 Å². The number of benzene rings is 1. The van der Waals surface area contributed by atoms with Gasteiger partial charge in [-0.2, -0.15) is 0 Å². The highest BCUT2D eigenvalue weighted by atomic mass is 16.5. The first-order valence-corrected chi connectivity index (χ1v) is 5.99. The second kappa shape index (κ2) is 4.80. The maximum Gasteiger partial charge on any atom is 0.0620 e. The molecule has 1 heteroatoms. The van der Waals surface area contributed by atoms with Gasteiger partial charge in [-0.15, -0.1) is 0 Å². The maximum absolute atomic E-state index is 5.94. The molecule has 1 saturated heterocycles. The molecule has 2 atom stereocenters. The van der Waals surface area contributed by atoms with Crippen molar-refractivity contribution in [3.8, 4) is 0 Å². The van der Waals surface area contributed by atoms with Crippen molar-refractivity contribution in [2.75, 3.05) is 0 Å². The largest absolute Gasteiger partial charge is 0.375 e. The van der Waals surface area contributed by atoms with Gasteiger partial charge >= 0.3 is 0 Å². The third-order valence-electron chi connectivity index (χ3n) is 3.23. The Morgan fingerprint density at radius 3 is 2.40 bits per heavy atom. The van der Waals surface area contributed by atoms with Gasteiger partial charge < -0.3 is 4.74 Å². The van der Waals surface area contributed by atoms with E-state index in [1.54, 1.807) is 0 Å². The van der Waals surface area contributed by atoms with Gasteiger partial charge in [-0.25, -0.2) is 0 Å². The van der Waals surface area contributed by atoms with Gasteiger partial charge in [-0.3, -0.25) is 0 Å². The highest BCUT2D eigenvalue weighted by Gasteiger charge is 2.23. The van der Waals surface area contributed by atoms with Crippen LogP contribution < -0.4 is 0 Å². The van der Waals surface area contributed by atoms with Crippen molar-refractivity contribution in [1.82, 2.24) is 0 Å². The molecule has 0 radical (unpaired) electrons. The van der Waals surface area contributed by atoms with E-state index in [1.165, 1.54) is 24.0 Å². The van der Waals surface area contributed by atoms with Crippen molar-refractivity contribution in [2.45, 2.75) is 51.7 Å². The number of aryl methyl sites for hydroxylation is 1. The zero-order chi connectivity index (χ0) is 10.7. The van der Waals surface area contributed by atoms with Crippen LogP contribution in [-0.2, 0) is 11.2 Å². The highest BCUT2D eigenvalue weighted by molar-refractivity contribution is 5.21. The predicted molar refractivity (Wildman–Crippen MR) is 63.1 cm³/mol. The molecule has 1 aromatic carbocycles. The molecule has 15 heavy (non-hydrogen) atoms.